The molecule has 2 rings (SSSR count). The van der Waals surface area contributed by atoms with Crippen molar-refractivity contribution in [1.82, 2.24) is 0 Å². The molecule has 1 aromatic carbocycles. The molecule has 0 saturated carbocycles. The third-order valence-electron chi connectivity index (χ3n) is 3.05. The summed E-state index contributed by atoms with van der Waals surface area (Å²) in [5.41, 5.74) is 2.33. The Bertz CT molecular complexity index is 375. The van der Waals surface area contributed by atoms with Gasteiger partial charge in [-0.2, -0.15) is 5.26 Å². The predicted octanol–water partition coefficient (Wildman–Crippen LogP) is 2.98. The van der Waals surface area contributed by atoms with Crippen LogP contribution in [0.3, 0.4) is 0 Å². The van der Waals surface area contributed by atoms with Gasteiger partial charge in [-0.3, -0.25) is 0 Å². The molecule has 66 valence electrons. The number of hydrogen-bond acceptors (Lipinski definition) is 1. The van der Waals surface area contributed by atoms with Crippen molar-refractivity contribution in [3.8, 4) is 6.07 Å². The van der Waals surface area contributed by atoms with E-state index in [-0.39, 0.29) is 5.41 Å². The van der Waals surface area contributed by atoms with Gasteiger partial charge in [0.2, 0.25) is 0 Å². The van der Waals surface area contributed by atoms with Crippen LogP contribution in [0.1, 0.15) is 37.3 Å². The quantitative estimate of drug-likeness (QED) is 0.588. The largest absolute Gasteiger partial charge is 0.197 e. The summed E-state index contributed by atoms with van der Waals surface area (Å²) in [6, 6.07) is 10.7. The highest BCUT2D eigenvalue weighted by atomic mass is 14.4. The number of hydrogen-bond donors (Lipinski definition) is 0. The Hall–Kier alpha value is -1.29. The molecule has 2 unspecified atom stereocenters. The van der Waals surface area contributed by atoms with Crippen molar-refractivity contribution in [2.75, 3.05) is 0 Å². The molecular weight excluding hydrogens is 158 g/mol. The summed E-state index contributed by atoms with van der Waals surface area (Å²) in [4.78, 5) is 0. The second-order valence-electron chi connectivity index (χ2n) is 4.14. The first-order valence-electron chi connectivity index (χ1n) is 4.68. The fourth-order valence-corrected chi connectivity index (χ4v) is 2.37. The lowest BCUT2D eigenvalue weighted by molar-refractivity contribution is 0.557. The minimum Gasteiger partial charge on any atom is -0.197 e. The molecule has 1 nitrogen and oxygen atoms in total. The van der Waals surface area contributed by atoms with E-state index in [1.54, 1.807) is 0 Å². The number of nitriles is 1. The third kappa shape index (κ3) is 1.06. The molecule has 0 amide bonds. The van der Waals surface area contributed by atoms with Crippen molar-refractivity contribution in [1.29, 1.82) is 5.26 Å². The van der Waals surface area contributed by atoms with Crippen LogP contribution in [0.15, 0.2) is 24.3 Å². The third-order valence-corrected chi connectivity index (χ3v) is 3.05. The molecule has 1 heteroatoms. The summed E-state index contributed by atoms with van der Waals surface area (Å²) in [6.07, 6.45) is 0.961. The van der Waals surface area contributed by atoms with Gasteiger partial charge in [-0.15, -0.1) is 0 Å². The highest BCUT2D eigenvalue weighted by Gasteiger charge is 2.37. The Kier molecular flexibility index (Phi) is 1.66. The molecule has 13 heavy (non-hydrogen) atoms. The molecule has 1 aliphatic rings. The summed E-state index contributed by atoms with van der Waals surface area (Å²) in [6.45, 7) is 4.23. The van der Waals surface area contributed by atoms with Gasteiger partial charge >= 0.3 is 0 Å². The monoisotopic (exact) mass is 171 g/mol. The summed E-state index contributed by atoms with van der Waals surface area (Å²) in [7, 11) is 0. The summed E-state index contributed by atoms with van der Waals surface area (Å²) >= 11 is 0. The Morgan fingerprint density at radius 1 is 1.46 bits per heavy atom. The molecule has 0 N–H and O–H groups in total. The molecule has 0 aromatic heterocycles. The van der Waals surface area contributed by atoms with Crippen molar-refractivity contribution < 1.29 is 0 Å². The highest BCUT2D eigenvalue weighted by molar-refractivity contribution is 5.45. The lowest BCUT2D eigenvalue weighted by Gasteiger charge is -2.14. The molecule has 0 heterocycles. The number of benzene rings is 1. The number of rotatable bonds is 0. The fraction of sp³-hybridized carbons (Fsp3) is 0.417. The molecule has 2 atom stereocenters. The van der Waals surface area contributed by atoms with Crippen LogP contribution in [0.4, 0.5) is 0 Å². The van der Waals surface area contributed by atoms with Crippen molar-refractivity contribution >= 4 is 0 Å². The molecule has 0 saturated heterocycles. The number of fused-ring (bicyclic) bond motifs is 1. The zero-order valence-electron chi connectivity index (χ0n) is 8.04. The van der Waals surface area contributed by atoms with Crippen LogP contribution >= 0.6 is 0 Å². The van der Waals surface area contributed by atoms with Gasteiger partial charge in [0.15, 0.2) is 0 Å². The first kappa shape index (κ1) is 8.31. The van der Waals surface area contributed by atoms with E-state index in [1.807, 2.05) is 13.0 Å². The van der Waals surface area contributed by atoms with E-state index in [0.29, 0.717) is 5.92 Å². The molecule has 0 fully saturated rings. The van der Waals surface area contributed by atoms with Gasteiger partial charge in [-0.05, 0) is 30.4 Å². The summed E-state index contributed by atoms with van der Waals surface area (Å²) in [5.74, 6) is 0.529. The highest BCUT2D eigenvalue weighted by Crippen LogP contribution is 2.44. The first-order valence-corrected chi connectivity index (χ1v) is 4.68. The zero-order chi connectivity index (χ0) is 9.47. The van der Waals surface area contributed by atoms with E-state index in [4.69, 9.17) is 5.26 Å². The van der Waals surface area contributed by atoms with Gasteiger partial charge in [0.1, 0.15) is 0 Å². The Morgan fingerprint density at radius 3 is 2.85 bits per heavy atom. The smallest absolute Gasteiger partial charge is 0.0802 e. The maximum atomic E-state index is 9.14. The second-order valence-corrected chi connectivity index (χ2v) is 4.14. The fourth-order valence-electron chi connectivity index (χ4n) is 2.37. The summed E-state index contributed by atoms with van der Waals surface area (Å²) < 4.78 is 0. The standard InChI is InChI=1S/C12H13N/c1-9-7-12(2,8-13)11-6-4-3-5-10(9)11/h3-6,9H,7H2,1-2H3. The van der Waals surface area contributed by atoms with Crippen LogP contribution in [0.5, 0.6) is 0 Å². The predicted molar refractivity (Wildman–Crippen MR) is 52.4 cm³/mol. The van der Waals surface area contributed by atoms with Crippen LogP contribution in [0, 0.1) is 11.3 Å². The van der Waals surface area contributed by atoms with E-state index in [0.717, 1.165) is 6.42 Å². The van der Waals surface area contributed by atoms with Crippen molar-refractivity contribution in [2.24, 2.45) is 0 Å². The van der Waals surface area contributed by atoms with E-state index in [1.165, 1.54) is 11.1 Å². The van der Waals surface area contributed by atoms with E-state index >= 15 is 0 Å². The molecule has 0 spiro atoms. The van der Waals surface area contributed by atoms with Crippen molar-refractivity contribution in [3.63, 3.8) is 0 Å². The summed E-state index contributed by atoms with van der Waals surface area (Å²) in [5, 5.41) is 9.14. The molecular formula is C12H13N. The molecule has 0 aliphatic heterocycles. The SMILES string of the molecule is CC1CC(C)(C#N)c2ccccc21. The lowest BCUT2D eigenvalue weighted by atomic mass is 9.85. The normalized spacial score (nSPS) is 31.0. The van der Waals surface area contributed by atoms with E-state index in [9.17, 15) is 0 Å². The molecule has 1 aliphatic carbocycles. The van der Waals surface area contributed by atoms with Gasteiger partial charge in [0, 0.05) is 0 Å². The lowest BCUT2D eigenvalue weighted by Crippen LogP contribution is -2.14. The average molecular weight is 171 g/mol. The Labute approximate surface area is 79.0 Å². The van der Waals surface area contributed by atoms with Gasteiger partial charge in [-0.1, -0.05) is 31.2 Å². The van der Waals surface area contributed by atoms with Crippen LogP contribution in [-0.2, 0) is 5.41 Å². The maximum Gasteiger partial charge on any atom is 0.0802 e. The van der Waals surface area contributed by atoms with Gasteiger partial charge < -0.3 is 0 Å². The average Bonchev–Trinajstić information content (AvgIpc) is 2.42. The zero-order valence-corrected chi connectivity index (χ0v) is 8.04. The van der Waals surface area contributed by atoms with Gasteiger partial charge in [0.25, 0.3) is 0 Å². The van der Waals surface area contributed by atoms with Crippen molar-refractivity contribution in [3.05, 3.63) is 35.4 Å². The topological polar surface area (TPSA) is 23.8 Å². The molecule has 0 bridgehead atoms. The minimum atomic E-state index is -0.254. The van der Waals surface area contributed by atoms with E-state index < -0.39 is 0 Å². The van der Waals surface area contributed by atoms with Crippen LogP contribution < -0.4 is 0 Å². The molecule has 0 radical (unpaired) electrons. The van der Waals surface area contributed by atoms with Gasteiger partial charge in [0.05, 0.1) is 11.5 Å². The van der Waals surface area contributed by atoms with Crippen LogP contribution in [0.2, 0.25) is 0 Å². The maximum absolute atomic E-state index is 9.14. The second kappa shape index (κ2) is 2.60. The van der Waals surface area contributed by atoms with Crippen molar-refractivity contribution in [2.45, 2.75) is 31.6 Å². The van der Waals surface area contributed by atoms with Crippen LogP contribution in [-0.4, -0.2) is 0 Å². The van der Waals surface area contributed by atoms with Crippen LogP contribution in [0.25, 0.3) is 0 Å². The first-order chi connectivity index (χ1) is 6.17. The van der Waals surface area contributed by atoms with Gasteiger partial charge in [-0.25, -0.2) is 0 Å². The Morgan fingerprint density at radius 2 is 2.15 bits per heavy atom. The Balaban J connectivity index is 2.61. The minimum absolute atomic E-state index is 0.254. The van der Waals surface area contributed by atoms with E-state index in [2.05, 4.69) is 31.2 Å². The number of nitrogens with zero attached hydrogens (tertiary/aromatic N) is 1. The molecule has 1 aromatic rings.